The monoisotopic (exact) mass is 372 g/mol. The Kier molecular flexibility index (Phi) is 4.82. The second-order valence-corrected chi connectivity index (χ2v) is 6.87. The zero-order valence-corrected chi connectivity index (χ0v) is 14.7. The van der Waals surface area contributed by atoms with Gasteiger partial charge in [-0.15, -0.1) is 0 Å². The number of hydrogen-bond donors (Lipinski definition) is 0. The number of benzene rings is 1. The number of thiocarbonyl (C=S) groups is 1. The predicted molar refractivity (Wildman–Crippen MR) is 101 cm³/mol. The minimum absolute atomic E-state index is 0.0931. The first kappa shape index (κ1) is 17.1. The van der Waals surface area contributed by atoms with Crippen LogP contribution in [-0.2, 0) is 4.79 Å². The van der Waals surface area contributed by atoms with E-state index in [9.17, 15) is 14.9 Å². The highest BCUT2D eigenvalue weighted by atomic mass is 32.2. The lowest BCUT2D eigenvalue weighted by Crippen LogP contribution is -2.27. The molecular weight excluding hydrogens is 360 g/mol. The third-order valence-electron chi connectivity index (χ3n) is 3.36. The molecule has 1 saturated heterocycles. The van der Waals surface area contributed by atoms with Gasteiger partial charge in [0.1, 0.15) is 5.76 Å². The van der Waals surface area contributed by atoms with Crippen molar-refractivity contribution in [2.75, 3.05) is 4.90 Å². The average Bonchev–Trinajstić information content (AvgIpc) is 3.16. The SMILES string of the molecule is CC(=C\c1ccco1)/C=C1/SC(=S)N(c2cccc([N+](=O)[O-])c2)C1=O. The van der Waals surface area contributed by atoms with E-state index in [1.165, 1.54) is 23.1 Å². The Morgan fingerprint density at radius 1 is 1.36 bits per heavy atom. The van der Waals surface area contributed by atoms with Gasteiger partial charge in [0.15, 0.2) is 4.32 Å². The summed E-state index contributed by atoms with van der Waals surface area (Å²) in [5, 5.41) is 10.9. The molecule has 2 aromatic rings. The van der Waals surface area contributed by atoms with Crippen molar-refractivity contribution < 1.29 is 14.1 Å². The number of allylic oxidation sites excluding steroid dienone is 2. The van der Waals surface area contributed by atoms with E-state index in [0.29, 0.717) is 20.7 Å². The molecule has 1 aliphatic rings. The van der Waals surface area contributed by atoms with Crippen molar-refractivity contribution in [3.63, 3.8) is 0 Å². The molecule has 3 rings (SSSR count). The molecule has 0 bridgehead atoms. The minimum atomic E-state index is -0.507. The number of hydrogen-bond acceptors (Lipinski definition) is 6. The Labute approximate surface area is 153 Å². The number of carbonyl (C=O) groups is 1. The quantitative estimate of drug-likeness (QED) is 0.339. The van der Waals surface area contributed by atoms with Crippen LogP contribution in [0.2, 0.25) is 0 Å². The van der Waals surface area contributed by atoms with E-state index in [-0.39, 0.29) is 11.6 Å². The highest BCUT2D eigenvalue weighted by molar-refractivity contribution is 8.27. The van der Waals surface area contributed by atoms with Crippen molar-refractivity contribution in [2.24, 2.45) is 0 Å². The summed E-state index contributed by atoms with van der Waals surface area (Å²) >= 11 is 6.43. The molecule has 2 heterocycles. The lowest BCUT2D eigenvalue weighted by molar-refractivity contribution is -0.384. The van der Waals surface area contributed by atoms with Crippen LogP contribution in [-0.4, -0.2) is 15.2 Å². The van der Waals surface area contributed by atoms with Crippen molar-refractivity contribution in [1.82, 2.24) is 0 Å². The van der Waals surface area contributed by atoms with Crippen molar-refractivity contribution in [3.8, 4) is 0 Å². The number of nitro benzene ring substituents is 1. The number of carbonyl (C=O) groups excluding carboxylic acids is 1. The summed E-state index contributed by atoms with van der Waals surface area (Å²) in [6.07, 6.45) is 5.10. The van der Waals surface area contributed by atoms with Gasteiger partial charge in [0.05, 0.1) is 21.8 Å². The van der Waals surface area contributed by atoms with Gasteiger partial charge in [0, 0.05) is 12.1 Å². The molecule has 0 radical (unpaired) electrons. The van der Waals surface area contributed by atoms with E-state index in [1.807, 2.05) is 13.0 Å². The van der Waals surface area contributed by atoms with Gasteiger partial charge in [0.2, 0.25) is 0 Å². The van der Waals surface area contributed by atoms with Crippen molar-refractivity contribution in [3.05, 3.63) is 75.1 Å². The number of non-ortho nitro benzene ring substituents is 1. The van der Waals surface area contributed by atoms with Gasteiger partial charge >= 0.3 is 0 Å². The largest absolute Gasteiger partial charge is 0.465 e. The van der Waals surface area contributed by atoms with Gasteiger partial charge in [-0.05, 0) is 42.8 Å². The van der Waals surface area contributed by atoms with Crippen LogP contribution in [0.3, 0.4) is 0 Å². The van der Waals surface area contributed by atoms with Crippen molar-refractivity contribution in [1.29, 1.82) is 0 Å². The summed E-state index contributed by atoms with van der Waals surface area (Å²) < 4.78 is 5.58. The Morgan fingerprint density at radius 3 is 2.84 bits per heavy atom. The fraction of sp³-hybridized carbons (Fsp3) is 0.0588. The molecule has 8 heteroatoms. The highest BCUT2D eigenvalue weighted by Gasteiger charge is 2.33. The summed E-state index contributed by atoms with van der Waals surface area (Å²) in [5.74, 6) is 0.380. The van der Waals surface area contributed by atoms with Gasteiger partial charge in [-0.1, -0.05) is 30.0 Å². The maximum absolute atomic E-state index is 12.7. The summed E-state index contributed by atoms with van der Waals surface area (Å²) in [6, 6.07) is 9.43. The van der Waals surface area contributed by atoms with Crippen LogP contribution < -0.4 is 4.90 Å². The molecule has 0 N–H and O–H groups in total. The number of thioether (sulfide) groups is 1. The second kappa shape index (κ2) is 7.04. The van der Waals surface area contributed by atoms with E-state index in [1.54, 1.807) is 30.5 Å². The summed E-state index contributed by atoms with van der Waals surface area (Å²) in [4.78, 5) is 24.8. The zero-order valence-electron chi connectivity index (χ0n) is 13.0. The minimum Gasteiger partial charge on any atom is -0.465 e. The first-order valence-electron chi connectivity index (χ1n) is 7.20. The van der Waals surface area contributed by atoms with Gasteiger partial charge in [-0.2, -0.15) is 0 Å². The van der Waals surface area contributed by atoms with Crippen LogP contribution in [0, 0.1) is 10.1 Å². The van der Waals surface area contributed by atoms with Gasteiger partial charge in [0.25, 0.3) is 11.6 Å². The molecule has 0 aliphatic carbocycles. The summed E-state index contributed by atoms with van der Waals surface area (Å²) in [5.41, 5.74) is 1.12. The van der Waals surface area contributed by atoms with Crippen molar-refractivity contribution >= 4 is 51.7 Å². The predicted octanol–water partition coefficient (Wildman–Crippen LogP) is 4.54. The fourth-order valence-electron chi connectivity index (χ4n) is 2.28. The van der Waals surface area contributed by atoms with E-state index < -0.39 is 4.92 Å². The first-order valence-corrected chi connectivity index (χ1v) is 8.42. The molecule has 25 heavy (non-hydrogen) atoms. The Balaban J connectivity index is 1.89. The Morgan fingerprint density at radius 2 is 2.16 bits per heavy atom. The summed E-state index contributed by atoms with van der Waals surface area (Å²) in [7, 11) is 0. The van der Waals surface area contributed by atoms with Gasteiger partial charge in [-0.3, -0.25) is 19.8 Å². The third-order valence-corrected chi connectivity index (χ3v) is 4.67. The molecule has 0 saturated carbocycles. The van der Waals surface area contributed by atoms with E-state index in [0.717, 1.165) is 17.3 Å². The lowest BCUT2D eigenvalue weighted by Gasteiger charge is -2.13. The molecule has 0 unspecified atom stereocenters. The topological polar surface area (TPSA) is 76.6 Å². The molecular formula is C17H12N2O4S2. The van der Waals surface area contributed by atoms with E-state index >= 15 is 0 Å². The average molecular weight is 372 g/mol. The smallest absolute Gasteiger partial charge is 0.271 e. The molecule has 1 aliphatic heterocycles. The number of nitrogens with zero attached hydrogens (tertiary/aromatic N) is 2. The van der Waals surface area contributed by atoms with Crippen LogP contribution in [0.25, 0.3) is 6.08 Å². The fourth-order valence-corrected chi connectivity index (χ4v) is 3.63. The standard InChI is InChI=1S/C17H12N2O4S2/c1-11(8-14-6-3-7-23-14)9-15-16(20)18(17(24)25-15)12-4-2-5-13(10-12)19(21)22/h2-10H,1H3/b11-8+,15-9+. The van der Waals surface area contributed by atoms with Crippen LogP contribution in [0.4, 0.5) is 11.4 Å². The van der Waals surface area contributed by atoms with Crippen molar-refractivity contribution in [2.45, 2.75) is 6.92 Å². The number of amides is 1. The molecule has 6 nitrogen and oxygen atoms in total. The Hall–Kier alpha value is -2.71. The molecule has 0 atom stereocenters. The number of nitro groups is 1. The summed E-state index contributed by atoms with van der Waals surface area (Å²) in [6.45, 7) is 1.85. The van der Waals surface area contributed by atoms with E-state index in [4.69, 9.17) is 16.6 Å². The van der Waals surface area contributed by atoms with E-state index in [2.05, 4.69) is 0 Å². The first-order chi connectivity index (χ1) is 12.0. The zero-order chi connectivity index (χ0) is 18.0. The lowest BCUT2D eigenvalue weighted by atomic mass is 10.2. The van der Waals surface area contributed by atoms with Gasteiger partial charge in [-0.25, -0.2) is 0 Å². The maximum atomic E-state index is 12.7. The van der Waals surface area contributed by atoms with Crippen LogP contribution in [0.1, 0.15) is 12.7 Å². The van der Waals surface area contributed by atoms with Crippen LogP contribution in [0.5, 0.6) is 0 Å². The van der Waals surface area contributed by atoms with Gasteiger partial charge < -0.3 is 4.42 Å². The maximum Gasteiger partial charge on any atom is 0.271 e. The number of furan rings is 1. The Bertz CT molecular complexity index is 916. The highest BCUT2D eigenvalue weighted by Crippen LogP contribution is 2.36. The second-order valence-electron chi connectivity index (χ2n) is 5.20. The number of rotatable bonds is 4. The third kappa shape index (κ3) is 3.70. The normalized spacial score (nSPS) is 16.8. The van der Waals surface area contributed by atoms with Crippen LogP contribution >= 0.6 is 24.0 Å². The molecule has 0 spiro atoms. The number of anilines is 1. The molecule has 1 fully saturated rings. The van der Waals surface area contributed by atoms with Crippen LogP contribution in [0.15, 0.2) is 63.6 Å². The molecule has 1 aromatic carbocycles. The molecule has 1 aromatic heterocycles. The molecule has 1 amide bonds. The molecule has 126 valence electrons.